The lowest BCUT2D eigenvalue weighted by molar-refractivity contribution is -0.155. The number of alkyl halides is 3. The number of nitrogens with zero attached hydrogens (tertiary/aromatic N) is 2. The normalized spacial score (nSPS) is 31.9. The summed E-state index contributed by atoms with van der Waals surface area (Å²) in [6.45, 7) is 22.2. The van der Waals surface area contributed by atoms with E-state index in [0.29, 0.717) is 24.1 Å². The third-order valence-electron chi connectivity index (χ3n) is 13.5. The second kappa shape index (κ2) is 26.5. The lowest BCUT2D eigenvalue weighted by atomic mass is 9.73. The van der Waals surface area contributed by atoms with Gasteiger partial charge >= 0.3 is 18.1 Å². The number of aryl methyl sites for hydroxylation is 2. The van der Waals surface area contributed by atoms with Crippen LogP contribution in [0.3, 0.4) is 0 Å². The first-order valence-corrected chi connectivity index (χ1v) is 25.8. The Kier molecular flexibility index (Phi) is 22.8. The maximum Gasteiger partial charge on any atom is 0.412 e. The van der Waals surface area contributed by atoms with Crippen molar-refractivity contribution in [2.75, 3.05) is 0 Å². The molecule has 4 heterocycles. The molecule has 4 rings (SSSR count). The molecule has 0 saturated heterocycles. The molecule has 1 unspecified atom stereocenters. The Morgan fingerprint density at radius 3 is 1.41 bits per heavy atom. The van der Waals surface area contributed by atoms with Crippen molar-refractivity contribution in [1.29, 1.82) is 0 Å². The first kappa shape index (κ1) is 60.9. The van der Waals surface area contributed by atoms with Crippen LogP contribution in [0.4, 0.5) is 13.2 Å². The van der Waals surface area contributed by atoms with Crippen LogP contribution in [0.2, 0.25) is 0 Å². The van der Waals surface area contributed by atoms with Gasteiger partial charge in [-0.15, -0.1) is 22.7 Å². The van der Waals surface area contributed by atoms with E-state index in [4.69, 9.17) is 9.47 Å². The van der Waals surface area contributed by atoms with E-state index >= 15 is 0 Å². The van der Waals surface area contributed by atoms with Crippen molar-refractivity contribution in [3.05, 3.63) is 90.9 Å². The van der Waals surface area contributed by atoms with Crippen LogP contribution in [0, 0.1) is 48.3 Å². The Hall–Kier alpha value is -4.39. The molecule has 2 aromatic rings. The van der Waals surface area contributed by atoms with E-state index < -0.39 is 108 Å². The fourth-order valence-electron chi connectivity index (χ4n) is 8.22. The summed E-state index contributed by atoms with van der Waals surface area (Å²) in [7, 11) is 0. The fourth-order valence-corrected chi connectivity index (χ4v) is 9.36. The van der Waals surface area contributed by atoms with Crippen molar-refractivity contribution in [3.8, 4) is 0 Å². The molecule has 0 fully saturated rings. The van der Waals surface area contributed by atoms with Crippen LogP contribution in [-0.4, -0.2) is 96.7 Å². The molecular weight excluding hydrogens is 958 g/mol. The van der Waals surface area contributed by atoms with Gasteiger partial charge in [0.2, 0.25) is 0 Å². The van der Waals surface area contributed by atoms with Gasteiger partial charge in [-0.25, -0.2) is 9.97 Å². The van der Waals surface area contributed by atoms with Crippen molar-refractivity contribution in [2.45, 2.75) is 171 Å². The number of cyclic esters (lactones) is 2. The molecule has 0 radical (unpaired) electrons. The predicted octanol–water partition coefficient (Wildman–Crippen LogP) is 10.6. The van der Waals surface area contributed by atoms with Crippen LogP contribution in [0.1, 0.15) is 136 Å². The molecule has 17 heteroatoms. The lowest BCUT2D eigenvalue weighted by Crippen LogP contribution is -2.45. The Labute approximate surface area is 425 Å². The molecule has 0 aliphatic carbocycles. The number of rotatable bonds is 4. The summed E-state index contributed by atoms with van der Waals surface area (Å²) in [6.07, 6.45) is 2.09. The number of aromatic nitrogens is 2. The number of carbonyl (C=O) groups excluding carboxylic acids is 4. The van der Waals surface area contributed by atoms with Gasteiger partial charge in [0, 0.05) is 52.8 Å². The van der Waals surface area contributed by atoms with E-state index in [1.165, 1.54) is 44.3 Å². The zero-order chi connectivity index (χ0) is 53.8. The highest BCUT2D eigenvalue weighted by Crippen LogP contribution is 2.35. The standard InChI is InChI=1S/C27H36F3NO5S.C27H39NO5S/c1-15-8-7-9-19(27(28,29)30)10-11-21(16(2)12-20-14-37-18(4)31-20)36-23(33)13-22(32)26(5,6)25(35)17(3)24(15)34;1-16-9-8-10-17(2)25(31)19(4)26(32)27(6,7)23(29)14-24(30)33-22(12-11-16)18(3)13-21-15-34-20(5)28-21/h7-8,10,12,14-15,17,21-22,24,32,34H,9,11,13H2,1-6H3;8,10-11,13,15,17,19,22-23,25,29,31H,9,12,14H2,1-7H3/b8-7+,16-12+,19-10+;10-8+,16-11-,18-13+/t15-,17?,21-,22-,24-;17-,19+,22-,23-,25-/m00/s1. The average molecular weight is 1030 g/mol. The Balaban J connectivity index is 0.000000377. The van der Waals surface area contributed by atoms with E-state index in [-0.39, 0.29) is 24.5 Å². The molecule has 0 saturated carbocycles. The number of Topliss-reactive ketones (excluding diaryl/α,β-unsaturated/α-hetero) is 2. The third-order valence-corrected chi connectivity index (χ3v) is 15.0. The molecular formula is C54H75F3N2O10S2. The van der Waals surface area contributed by atoms with Gasteiger partial charge in [0.25, 0.3) is 0 Å². The number of ether oxygens (including phenoxy) is 2. The maximum atomic E-state index is 13.8. The van der Waals surface area contributed by atoms with Crippen LogP contribution in [0.25, 0.3) is 12.2 Å². The zero-order valence-corrected chi connectivity index (χ0v) is 45.0. The molecule has 4 N–H and O–H groups in total. The minimum Gasteiger partial charge on any atom is -0.457 e. The molecule has 2 aromatic heterocycles. The van der Waals surface area contributed by atoms with E-state index in [2.05, 4.69) is 9.97 Å². The van der Waals surface area contributed by atoms with Crippen LogP contribution in [-0.2, 0) is 28.7 Å². The van der Waals surface area contributed by atoms with Gasteiger partial charge in [-0.1, -0.05) is 97.4 Å². The monoisotopic (exact) mass is 1030 g/mol. The molecule has 0 amide bonds. The first-order valence-electron chi connectivity index (χ1n) is 24.0. The van der Waals surface area contributed by atoms with E-state index in [9.17, 15) is 52.8 Å². The molecule has 10 atom stereocenters. The Morgan fingerprint density at radius 1 is 0.662 bits per heavy atom. The van der Waals surface area contributed by atoms with E-state index in [1.807, 2.05) is 64.3 Å². The molecule has 2 aliphatic rings. The topological polar surface area (TPSA) is 193 Å². The number of hydrogen-bond donors (Lipinski definition) is 4. The second-order valence-electron chi connectivity index (χ2n) is 20.2. The number of allylic oxidation sites excluding steroid dienone is 4. The number of thiazole rings is 2. The molecule has 0 spiro atoms. The van der Waals surface area contributed by atoms with Gasteiger partial charge in [0.15, 0.2) is 0 Å². The number of aliphatic hydroxyl groups is 4. The van der Waals surface area contributed by atoms with Crippen LogP contribution in [0.15, 0.2) is 69.5 Å². The number of aliphatic hydroxyl groups excluding tert-OH is 4. The predicted molar refractivity (Wildman–Crippen MR) is 273 cm³/mol. The van der Waals surface area contributed by atoms with Crippen molar-refractivity contribution in [3.63, 3.8) is 0 Å². The van der Waals surface area contributed by atoms with Crippen molar-refractivity contribution in [2.24, 2.45) is 34.5 Å². The van der Waals surface area contributed by atoms with Crippen molar-refractivity contribution in [1.82, 2.24) is 9.97 Å². The van der Waals surface area contributed by atoms with Crippen LogP contribution in [0.5, 0.6) is 0 Å². The van der Waals surface area contributed by atoms with Gasteiger partial charge < -0.3 is 29.9 Å². The number of ketones is 2. The highest BCUT2D eigenvalue weighted by atomic mass is 32.1. The van der Waals surface area contributed by atoms with E-state index in [0.717, 1.165) is 32.9 Å². The summed E-state index contributed by atoms with van der Waals surface area (Å²) in [5, 5.41) is 48.4. The number of esters is 2. The lowest BCUT2D eigenvalue weighted by Gasteiger charge is -2.34. The SMILES string of the molecule is C/C(=C\c1csc(C)n1)[C@@H]1C/C=C(/C(F)(F)F)C/C=C/[C@H](C)[C@H](O)C(C)C(=O)C(C)(C)[C@@H](O)CC(=O)O1.C/C1=C/C[C@@H](/C(C)=C/c2csc(C)n2)OC(=O)C[C@H](O)C(C)(C)C(=O)[C@H](C)[C@@H](O)[C@@H](C)/C=C/C1. The number of carbonyl (C=O) groups is 4. The quantitative estimate of drug-likeness (QED) is 0.168. The summed E-state index contributed by atoms with van der Waals surface area (Å²) < 4.78 is 52.6. The average Bonchev–Trinajstić information content (AvgIpc) is 3.90. The third kappa shape index (κ3) is 18.0. The van der Waals surface area contributed by atoms with E-state index in [1.54, 1.807) is 57.4 Å². The van der Waals surface area contributed by atoms with Gasteiger partial charge in [-0.2, -0.15) is 13.2 Å². The summed E-state index contributed by atoms with van der Waals surface area (Å²) in [5.74, 6) is -4.62. The maximum absolute atomic E-state index is 13.8. The fraction of sp³-hybridized carbons (Fsp3) is 0.593. The second-order valence-corrected chi connectivity index (χ2v) is 22.3. The number of halogens is 3. The molecule has 0 aromatic carbocycles. The summed E-state index contributed by atoms with van der Waals surface area (Å²) >= 11 is 2.97. The summed E-state index contributed by atoms with van der Waals surface area (Å²) in [6, 6.07) is 0. The van der Waals surface area contributed by atoms with Crippen LogP contribution < -0.4 is 0 Å². The van der Waals surface area contributed by atoms with Gasteiger partial charge in [0.05, 0.1) is 69.5 Å². The first-order chi connectivity index (χ1) is 32.9. The highest BCUT2D eigenvalue weighted by molar-refractivity contribution is 7.09. The van der Waals surface area contributed by atoms with Gasteiger partial charge in [-0.05, 0) is 70.8 Å². The molecule has 2 aliphatic heterocycles. The van der Waals surface area contributed by atoms with Gasteiger partial charge in [-0.3, -0.25) is 19.2 Å². The molecule has 71 heavy (non-hydrogen) atoms. The van der Waals surface area contributed by atoms with Crippen molar-refractivity contribution < 1.29 is 62.2 Å². The minimum atomic E-state index is -4.61. The molecule has 0 bridgehead atoms. The Morgan fingerprint density at radius 2 is 1.04 bits per heavy atom. The smallest absolute Gasteiger partial charge is 0.412 e. The largest absolute Gasteiger partial charge is 0.457 e. The van der Waals surface area contributed by atoms with Crippen LogP contribution >= 0.6 is 22.7 Å². The minimum absolute atomic E-state index is 0.225. The van der Waals surface area contributed by atoms with Crippen molar-refractivity contribution >= 4 is 58.3 Å². The molecule has 394 valence electrons. The van der Waals surface area contributed by atoms with Gasteiger partial charge in [0.1, 0.15) is 23.8 Å². The molecule has 12 nitrogen and oxygen atoms in total. The Bertz CT molecular complexity index is 2340. The summed E-state index contributed by atoms with van der Waals surface area (Å²) in [5.41, 5.74) is 0.462. The number of hydrogen-bond acceptors (Lipinski definition) is 14. The zero-order valence-electron chi connectivity index (χ0n) is 43.4. The summed E-state index contributed by atoms with van der Waals surface area (Å²) in [4.78, 5) is 60.7. The highest BCUT2D eigenvalue weighted by Gasteiger charge is 2.44.